The fourth-order valence-electron chi connectivity index (χ4n) is 0.967. The number of aromatic carboxylic acids is 1. The molecule has 1 aromatic heterocycles. The molecule has 15 heavy (non-hydrogen) atoms. The second kappa shape index (κ2) is 5.75. The highest BCUT2D eigenvalue weighted by Crippen LogP contribution is 2.20. The molecule has 0 aliphatic heterocycles. The molecule has 0 saturated heterocycles. The van der Waals surface area contributed by atoms with Gasteiger partial charge in [0.25, 0.3) is 0 Å². The van der Waals surface area contributed by atoms with E-state index in [-0.39, 0.29) is 0 Å². The largest absolute Gasteiger partial charge is 0.478 e. The maximum absolute atomic E-state index is 10.7. The molecule has 0 aliphatic rings. The fraction of sp³-hybridized carbons (Fsp3) is 0.455. The van der Waals surface area contributed by atoms with E-state index in [1.54, 1.807) is 24.0 Å². The zero-order valence-corrected chi connectivity index (χ0v) is 9.75. The molecule has 1 atom stereocenters. The number of nitrogens with zero attached hydrogens (tertiary/aromatic N) is 1. The second-order valence-corrected chi connectivity index (χ2v) is 4.55. The smallest absolute Gasteiger partial charge is 0.335 e. The van der Waals surface area contributed by atoms with Gasteiger partial charge in [-0.3, -0.25) is 0 Å². The molecule has 1 unspecified atom stereocenters. The molecule has 0 aliphatic carbocycles. The van der Waals surface area contributed by atoms with E-state index in [0.717, 1.165) is 17.2 Å². The van der Waals surface area contributed by atoms with Crippen LogP contribution in [0.25, 0.3) is 0 Å². The van der Waals surface area contributed by atoms with Crippen molar-refractivity contribution in [3.63, 3.8) is 0 Å². The maximum Gasteiger partial charge on any atom is 0.335 e. The zero-order chi connectivity index (χ0) is 11.3. The number of rotatable bonds is 5. The zero-order valence-electron chi connectivity index (χ0n) is 8.93. The van der Waals surface area contributed by atoms with E-state index in [0.29, 0.717) is 11.5 Å². The van der Waals surface area contributed by atoms with Crippen LogP contribution in [0.3, 0.4) is 0 Å². The predicted molar refractivity (Wildman–Crippen MR) is 61.4 cm³/mol. The summed E-state index contributed by atoms with van der Waals surface area (Å²) in [6.07, 6.45) is 2.67. The predicted octanol–water partition coefficient (Wildman–Crippen LogP) is 2.92. The van der Waals surface area contributed by atoms with Crippen LogP contribution in [0, 0.1) is 5.92 Å². The molecule has 0 spiro atoms. The monoisotopic (exact) mass is 225 g/mol. The van der Waals surface area contributed by atoms with Crippen molar-refractivity contribution in [2.24, 2.45) is 5.92 Å². The molecule has 0 bridgehead atoms. The summed E-state index contributed by atoms with van der Waals surface area (Å²) in [5, 5.41) is 9.58. The third-order valence-corrected chi connectivity index (χ3v) is 3.45. The van der Waals surface area contributed by atoms with E-state index < -0.39 is 5.97 Å². The van der Waals surface area contributed by atoms with Crippen LogP contribution in [-0.2, 0) is 0 Å². The van der Waals surface area contributed by atoms with Crippen LogP contribution in [0.1, 0.15) is 30.6 Å². The van der Waals surface area contributed by atoms with Crippen LogP contribution in [-0.4, -0.2) is 21.8 Å². The highest BCUT2D eigenvalue weighted by molar-refractivity contribution is 7.99. The Balaban J connectivity index is 2.62. The summed E-state index contributed by atoms with van der Waals surface area (Å²) in [6.45, 7) is 4.32. The summed E-state index contributed by atoms with van der Waals surface area (Å²) < 4.78 is 0. The Morgan fingerprint density at radius 2 is 2.40 bits per heavy atom. The standard InChI is InChI=1S/C11H15NO2S/c1-3-8(2)7-15-10-6-9(11(13)14)4-5-12-10/h4-6,8H,3,7H2,1-2H3,(H,13,14). The number of pyridine rings is 1. The van der Waals surface area contributed by atoms with Crippen molar-refractivity contribution in [2.75, 3.05) is 5.75 Å². The summed E-state index contributed by atoms with van der Waals surface area (Å²) in [7, 11) is 0. The minimum atomic E-state index is -0.900. The van der Waals surface area contributed by atoms with E-state index in [1.165, 1.54) is 6.07 Å². The molecular formula is C11H15NO2S. The van der Waals surface area contributed by atoms with Crippen molar-refractivity contribution < 1.29 is 9.90 Å². The van der Waals surface area contributed by atoms with Gasteiger partial charge in [-0.05, 0) is 18.1 Å². The average Bonchev–Trinajstić information content (AvgIpc) is 2.26. The van der Waals surface area contributed by atoms with Gasteiger partial charge in [-0.25, -0.2) is 9.78 Å². The van der Waals surface area contributed by atoms with E-state index >= 15 is 0 Å². The highest BCUT2D eigenvalue weighted by Gasteiger charge is 2.06. The molecule has 0 amide bonds. The minimum Gasteiger partial charge on any atom is -0.478 e. The van der Waals surface area contributed by atoms with Gasteiger partial charge >= 0.3 is 5.97 Å². The second-order valence-electron chi connectivity index (χ2n) is 3.51. The third kappa shape index (κ3) is 3.91. The Kier molecular flexibility index (Phi) is 4.62. The third-order valence-electron chi connectivity index (χ3n) is 2.19. The lowest BCUT2D eigenvalue weighted by Crippen LogP contribution is -1.99. The SMILES string of the molecule is CCC(C)CSc1cc(C(=O)O)ccn1. The van der Waals surface area contributed by atoms with Crippen molar-refractivity contribution in [3.8, 4) is 0 Å². The fourth-order valence-corrected chi connectivity index (χ4v) is 2.00. The van der Waals surface area contributed by atoms with Gasteiger partial charge in [0, 0.05) is 11.9 Å². The molecule has 1 aromatic rings. The minimum absolute atomic E-state index is 0.302. The molecule has 1 rings (SSSR count). The van der Waals surface area contributed by atoms with Gasteiger partial charge in [0.15, 0.2) is 0 Å². The number of hydrogen-bond donors (Lipinski definition) is 1. The molecule has 0 fully saturated rings. The quantitative estimate of drug-likeness (QED) is 0.783. The first-order valence-corrected chi connectivity index (χ1v) is 5.94. The van der Waals surface area contributed by atoms with Gasteiger partial charge in [0.1, 0.15) is 0 Å². The van der Waals surface area contributed by atoms with Crippen molar-refractivity contribution in [1.82, 2.24) is 4.98 Å². The topological polar surface area (TPSA) is 50.2 Å². The van der Waals surface area contributed by atoms with Gasteiger partial charge in [-0.15, -0.1) is 11.8 Å². The van der Waals surface area contributed by atoms with E-state index in [4.69, 9.17) is 5.11 Å². The number of thioether (sulfide) groups is 1. The Hall–Kier alpha value is -1.03. The summed E-state index contributed by atoms with van der Waals surface area (Å²) in [4.78, 5) is 14.8. The van der Waals surface area contributed by atoms with E-state index in [1.807, 2.05) is 0 Å². The van der Waals surface area contributed by atoms with Crippen LogP contribution < -0.4 is 0 Å². The summed E-state index contributed by atoms with van der Waals surface area (Å²) >= 11 is 1.61. The van der Waals surface area contributed by atoms with Crippen LogP contribution in [0.4, 0.5) is 0 Å². The first kappa shape index (κ1) is 12.0. The molecule has 1 N–H and O–H groups in total. The molecule has 82 valence electrons. The van der Waals surface area contributed by atoms with Crippen molar-refractivity contribution >= 4 is 17.7 Å². The molecule has 3 nitrogen and oxygen atoms in total. The number of carboxylic acid groups (broad SMARTS) is 1. The van der Waals surface area contributed by atoms with Crippen LogP contribution in [0.5, 0.6) is 0 Å². The van der Waals surface area contributed by atoms with Gasteiger partial charge in [0.2, 0.25) is 0 Å². The lowest BCUT2D eigenvalue weighted by atomic mass is 10.2. The Labute approximate surface area is 93.9 Å². The number of carbonyl (C=O) groups is 1. The molecule has 0 aromatic carbocycles. The van der Waals surface area contributed by atoms with Gasteiger partial charge in [-0.1, -0.05) is 20.3 Å². The molecule has 0 radical (unpaired) electrons. The molecular weight excluding hydrogens is 210 g/mol. The Bertz CT molecular complexity index is 341. The van der Waals surface area contributed by atoms with Crippen molar-refractivity contribution in [2.45, 2.75) is 25.3 Å². The number of hydrogen-bond acceptors (Lipinski definition) is 3. The summed E-state index contributed by atoms with van der Waals surface area (Å²) in [6, 6.07) is 3.13. The Morgan fingerprint density at radius 1 is 1.67 bits per heavy atom. The van der Waals surface area contributed by atoms with Crippen molar-refractivity contribution in [1.29, 1.82) is 0 Å². The van der Waals surface area contributed by atoms with Crippen LogP contribution in [0.15, 0.2) is 23.4 Å². The number of carboxylic acids is 1. The highest BCUT2D eigenvalue weighted by atomic mass is 32.2. The summed E-state index contributed by atoms with van der Waals surface area (Å²) in [5.41, 5.74) is 0.302. The Morgan fingerprint density at radius 3 is 3.00 bits per heavy atom. The lowest BCUT2D eigenvalue weighted by Gasteiger charge is -2.06. The normalized spacial score (nSPS) is 12.4. The van der Waals surface area contributed by atoms with E-state index in [9.17, 15) is 4.79 Å². The first-order valence-electron chi connectivity index (χ1n) is 4.95. The average molecular weight is 225 g/mol. The van der Waals surface area contributed by atoms with Crippen LogP contribution >= 0.6 is 11.8 Å². The van der Waals surface area contributed by atoms with Crippen molar-refractivity contribution in [3.05, 3.63) is 23.9 Å². The molecule has 4 heteroatoms. The van der Waals surface area contributed by atoms with Crippen LogP contribution in [0.2, 0.25) is 0 Å². The van der Waals surface area contributed by atoms with Gasteiger partial charge in [-0.2, -0.15) is 0 Å². The maximum atomic E-state index is 10.7. The lowest BCUT2D eigenvalue weighted by molar-refractivity contribution is 0.0696. The van der Waals surface area contributed by atoms with Gasteiger partial charge in [0.05, 0.1) is 10.6 Å². The summed E-state index contributed by atoms with van der Waals surface area (Å²) in [5.74, 6) is 0.708. The molecule has 0 saturated carbocycles. The van der Waals surface area contributed by atoms with E-state index in [2.05, 4.69) is 18.8 Å². The first-order chi connectivity index (χ1) is 7.13. The van der Waals surface area contributed by atoms with Gasteiger partial charge < -0.3 is 5.11 Å². The molecule has 1 heterocycles. The number of aromatic nitrogens is 1.